The van der Waals surface area contributed by atoms with E-state index in [0.29, 0.717) is 30.8 Å². The molecule has 0 saturated carbocycles. The SMILES string of the molecule is Cc1ccc(S(=O)(=O)N2CCC(C(=O)N3CCC[C@H]3c3ccccc3)CC2)c(C)c1. The molecule has 4 rings (SSSR count). The van der Waals surface area contributed by atoms with Gasteiger partial charge in [-0.3, -0.25) is 4.79 Å². The molecule has 5 nitrogen and oxygen atoms in total. The highest BCUT2D eigenvalue weighted by atomic mass is 32.2. The summed E-state index contributed by atoms with van der Waals surface area (Å²) >= 11 is 0. The third kappa shape index (κ3) is 4.03. The van der Waals surface area contributed by atoms with Gasteiger partial charge >= 0.3 is 0 Å². The van der Waals surface area contributed by atoms with E-state index in [2.05, 4.69) is 12.1 Å². The Bertz CT molecular complexity index is 1010. The highest BCUT2D eigenvalue weighted by molar-refractivity contribution is 7.89. The van der Waals surface area contributed by atoms with Gasteiger partial charge in [0, 0.05) is 25.6 Å². The van der Waals surface area contributed by atoms with Crippen molar-refractivity contribution in [1.29, 1.82) is 0 Å². The Balaban J connectivity index is 1.43. The number of rotatable bonds is 4. The first-order valence-corrected chi connectivity index (χ1v) is 12.2. The Morgan fingerprint density at radius 3 is 2.30 bits per heavy atom. The fraction of sp³-hybridized carbons (Fsp3) is 0.458. The second kappa shape index (κ2) is 8.52. The van der Waals surface area contributed by atoms with Crippen LogP contribution in [-0.2, 0) is 14.8 Å². The van der Waals surface area contributed by atoms with Gasteiger partial charge in [0.15, 0.2) is 0 Å². The zero-order valence-corrected chi connectivity index (χ0v) is 18.6. The van der Waals surface area contributed by atoms with Crippen molar-refractivity contribution in [3.63, 3.8) is 0 Å². The van der Waals surface area contributed by atoms with E-state index in [1.54, 1.807) is 10.4 Å². The molecule has 30 heavy (non-hydrogen) atoms. The largest absolute Gasteiger partial charge is 0.335 e. The molecule has 0 radical (unpaired) electrons. The summed E-state index contributed by atoms with van der Waals surface area (Å²) in [6.07, 6.45) is 3.18. The average Bonchev–Trinajstić information content (AvgIpc) is 3.23. The summed E-state index contributed by atoms with van der Waals surface area (Å²) in [7, 11) is -3.52. The predicted octanol–water partition coefficient (Wildman–Crippen LogP) is 4.07. The first-order valence-electron chi connectivity index (χ1n) is 10.8. The van der Waals surface area contributed by atoms with Crippen molar-refractivity contribution in [3.8, 4) is 0 Å². The van der Waals surface area contributed by atoms with Crippen LogP contribution < -0.4 is 0 Å². The van der Waals surface area contributed by atoms with Crippen molar-refractivity contribution in [2.45, 2.75) is 50.5 Å². The number of hydrogen-bond donors (Lipinski definition) is 0. The fourth-order valence-electron chi connectivity index (χ4n) is 4.86. The molecule has 2 saturated heterocycles. The van der Waals surface area contributed by atoms with E-state index in [1.165, 1.54) is 5.56 Å². The minimum atomic E-state index is -3.52. The third-order valence-electron chi connectivity index (χ3n) is 6.47. The normalized spacial score (nSPS) is 21.1. The molecule has 0 N–H and O–H groups in total. The molecule has 2 fully saturated rings. The van der Waals surface area contributed by atoms with Gasteiger partial charge < -0.3 is 4.90 Å². The number of sulfonamides is 1. The highest BCUT2D eigenvalue weighted by Crippen LogP contribution is 2.35. The molecule has 1 amide bonds. The summed E-state index contributed by atoms with van der Waals surface area (Å²) in [5, 5.41) is 0. The predicted molar refractivity (Wildman–Crippen MR) is 118 cm³/mol. The lowest BCUT2D eigenvalue weighted by atomic mass is 9.95. The molecule has 160 valence electrons. The van der Waals surface area contributed by atoms with Gasteiger partial charge in [-0.25, -0.2) is 8.42 Å². The van der Waals surface area contributed by atoms with Crippen LogP contribution in [0.25, 0.3) is 0 Å². The molecular formula is C24H30N2O3S. The number of hydrogen-bond acceptors (Lipinski definition) is 3. The van der Waals surface area contributed by atoms with Crippen LogP contribution in [0.15, 0.2) is 53.4 Å². The van der Waals surface area contributed by atoms with Crippen molar-refractivity contribution < 1.29 is 13.2 Å². The van der Waals surface area contributed by atoms with E-state index >= 15 is 0 Å². The zero-order chi connectivity index (χ0) is 21.3. The van der Waals surface area contributed by atoms with Crippen LogP contribution in [-0.4, -0.2) is 43.2 Å². The van der Waals surface area contributed by atoms with E-state index in [1.807, 2.05) is 49.1 Å². The Morgan fingerprint density at radius 1 is 0.933 bits per heavy atom. The van der Waals surface area contributed by atoms with E-state index < -0.39 is 10.0 Å². The summed E-state index contributed by atoms with van der Waals surface area (Å²) in [4.78, 5) is 15.7. The molecule has 6 heteroatoms. The van der Waals surface area contributed by atoms with Crippen LogP contribution in [0.3, 0.4) is 0 Å². The second-order valence-electron chi connectivity index (χ2n) is 8.55. The lowest BCUT2D eigenvalue weighted by Crippen LogP contribution is -2.44. The third-order valence-corrected chi connectivity index (χ3v) is 8.53. The summed E-state index contributed by atoms with van der Waals surface area (Å²) in [5.41, 5.74) is 3.02. The van der Waals surface area contributed by atoms with Gasteiger partial charge in [-0.2, -0.15) is 4.31 Å². The number of piperidine rings is 1. The van der Waals surface area contributed by atoms with E-state index in [-0.39, 0.29) is 17.9 Å². The van der Waals surface area contributed by atoms with Crippen molar-refractivity contribution in [2.24, 2.45) is 5.92 Å². The second-order valence-corrected chi connectivity index (χ2v) is 10.5. The van der Waals surface area contributed by atoms with E-state index in [4.69, 9.17) is 0 Å². The quantitative estimate of drug-likeness (QED) is 0.741. The lowest BCUT2D eigenvalue weighted by molar-refractivity contribution is -0.137. The standard InChI is InChI=1S/C24H30N2O3S/c1-18-10-11-23(19(2)17-18)30(28,29)25-15-12-21(13-16-25)24(27)26-14-6-9-22(26)20-7-4-3-5-8-20/h3-5,7-8,10-11,17,21-22H,6,9,12-16H2,1-2H3/t22-/m0/s1. The van der Waals surface area contributed by atoms with Gasteiger partial charge in [-0.15, -0.1) is 0 Å². The maximum Gasteiger partial charge on any atom is 0.243 e. The van der Waals surface area contributed by atoms with Gasteiger partial charge in [-0.1, -0.05) is 48.0 Å². The van der Waals surface area contributed by atoms with Crippen molar-refractivity contribution in [3.05, 3.63) is 65.2 Å². The van der Waals surface area contributed by atoms with E-state index in [0.717, 1.165) is 30.5 Å². The van der Waals surface area contributed by atoms with E-state index in [9.17, 15) is 13.2 Å². The number of benzene rings is 2. The minimum Gasteiger partial charge on any atom is -0.335 e. The summed E-state index contributed by atoms with van der Waals surface area (Å²) < 4.78 is 27.8. The van der Waals surface area contributed by atoms with Crippen LogP contribution >= 0.6 is 0 Å². The summed E-state index contributed by atoms with van der Waals surface area (Å²) in [5.74, 6) is 0.0878. The van der Waals surface area contributed by atoms with Crippen molar-refractivity contribution >= 4 is 15.9 Å². The Hall–Kier alpha value is -2.18. The maximum absolute atomic E-state index is 13.3. The monoisotopic (exact) mass is 426 g/mol. The van der Waals surface area contributed by atoms with Crippen LogP contribution in [0.2, 0.25) is 0 Å². The molecular weight excluding hydrogens is 396 g/mol. The van der Waals surface area contributed by atoms with Crippen molar-refractivity contribution in [2.75, 3.05) is 19.6 Å². The molecule has 2 aliphatic heterocycles. The Morgan fingerprint density at radius 2 is 1.63 bits per heavy atom. The summed E-state index contributed by atoms with van der Waals surface area (Å²) in [6, 6.07) is 15.8. The highest BCUT2D eigenvalue weighted by Gasteiger charge is 2.37. The number of amides is 1. The maximum atomic E-state index is 13.3. The number of nitrogens with zero attached hydrogens (tertiary/aromatic N) is 2. The first-order chi connectivity index (χ1) is 14.4. The van der Waals surface area contributed by atoms with Crippen LogP contribution in [0.1, 0.15) is 48.4 Å². The molecule has 0 unspecified atom stereocenters. The molecule has 0 aliphatic carbocycles. The Labute approximate surface area is 179 Å². The van der Waals surface area contributed by atoms with Gasteiger partial charge in [-0.05, 0) is 56.7 Å². The fourth-order valence-corrected chi connectivity index (χ4v) is 6.53. The van der Waals surface area contributed by atoms with Crippen LogP contribution in [0.5, 0.6) is 0 Å². The molecule has 2 aromatic rings. The van der Waals surface area contributed by atoms with Crippen LogP contribution in [0.4, 0.5) is 0 Å². The molecule has 0 bridgehead atoms. The Kier molecular flexibility index (Phi) is 5.98. The zero-order valence-electron chi connectivity index (χ0n) is 17.8. The van der Waals surface area contributed by atoms with Gasteiger partial charge in [0.25, 0.3) is 0 Å². The number of likely N-dealkylation sites (tertiary alicyclic amines) is 1. The number of carbonyl (C=O) groups is 1. The first kappa shape index (κ1) is 21.1. The molecule has 0 aromatic heterocycles. The number of aryl methyl sites for hydroxylation is 2. The minimum absolute atomic E-state index is 0.0973. The average molecular weight is 427 g/mol. The molecule has 1 atom stereocenters. The molecule has 2 aliphatic rings. The van der Waals surface area contributed by atoms with Crippen LogP contribution in [0, 0.1) is 19.8 Å². The lowest BCUT2D eigenvalue weighted by Gasteiger charge is -2.34. The number of carbonyl (C=O) groups excluding carboxylic acids is 1. The molecule has 2 aromatic carbocycles. The van der Waals surface area contributed by atoms with Gasteiger partial charge in [0.05, 0.1) is 10.9 Å². The summed E-state index contributed by atoms with van der Waals surface area (Å²) in [6.45, 7) is 5.39. The smallest absolute Gasteiger partial charge is 0.243 e. The molecule has 2 heterocycles. The van der Waals surface area contributed by atoms with Gasteiger partial charge in [0.1, 0.15) is 0 Å². The topological polar surface area (TPSA) is 57.7 Å². The molecule has 0 spiro atoms. The van der Waals surface area contributed by atoms with Crippen molar-refractivity contribution in [1.82, 2.24) is 9.21 Å². The van der Waals surface area contributed by atoms with Gasteiger partial charge in [0.2, 0.25) is 15.9 Å².